The van der Waals surface area contributed by atoms with Crippen LogP contribution in [0.3, 0.4) is 0 Å². The Hall–Kier alpha value is -2.14. The molecule has 1 N–H and O–H groups in total. The van der Waals surface area contributed by atoms with Gasteiger partial charge in [0, 0.05) is 43.0 Å². The number of piperazine rings is 1. The van der Waals surface area contributed by atoms with Crippen LogP contribution in [0.2, 0.25) is 0 Å². The van der Waals surface area contributed by atoms with Crippen LogP contribution in [0.15, 0.2) is 41.1 Å². The molecule has 1 fully saturated rings. The predicted molar refractivity (Wildman–Crippen MR) is 104 cm³/mol. The minimum atomic E-state index is -0.360. The number of aliphatic imine (C=N–C) groups is 1. The molecule has 0 spiro atoms. The maximum atomic E-state index is 14.2. The molecule has 0 amide bonds. The second-order valence-corrected chi connectivity index (χ2v) is 7.48. The Balaban J connectivity index is 2.30. The van der Waals surface area contributed by atoms with E-state index in [1.807, 2.05) is 6.07 Å². The van der Waals surface area contributed by atoms with Crippen LogP contribution in [-0.4, -0.2) is 48.4 Å². The highest BCUT2D eigenvalue weighted by molar-refractivity contribution is 5.74. The van der Waals surface area contributed by atoms with Gasteiger partial charge in [-0.15, -0.1) is 0 Å². The Morgan fingerprint density at radius 3 is 2.24 bits per heavy atom. The van der Waals surface area contributed by atoms with E-state index >= 15 is 0 Å². The molecular formula is C20H28FN3O. The molecule has 1 aromatic rings. The third-order valence-electron chi connectivity index (χ3n) is 4.54. The molecule has 5 heteroatoms. The van der Waals surface area contributed by atoms with E-state index in [0.29, 0.717) is 11.1 Å². The first-order valence-electron chi connectivity index (χ1n) is 8.50. The monoisotopic (exact) mass is 345 g/mol. The van der Waals surface area contributed by atoms with E-state index in [9.17, 15) is 9.50 Å². The normalized spacial score (nSPS) is 17.2. The van der Waals surface area contributed by atoms with Crippen molar-refractivity contribution in [1.82, 2.24) is 4.90 Å². The number of allylic oxidation sites excluding steroid dienone is 1. The van der Waals surface area contributed by atoms with Crippen LogP contribution in [0, 0.1) is 5.82 Å². The number of hydrogen-bond acceptors (Lipinski definition) is 4. The largest absolute Gasteiger partial charge is 0.505 e. The topological polar surface area (TPSA) is 39.1 Å². The minimum Gasteiger partial charge on any atom is -0.505 e. The average molecular weight is 345 g/mol. The molecule has 1 heterocycles. The summed E-state index contributed by atoms with van der Waals surface area (Å²) in [4.78, 5) is 8.46. The zero-order valence-electron chi connectivity index (χ0n) is 15.6. The third-order valence-corrected chi connectivity index (χ3v) is 4.54. The summed E-state index contributed by atoms with van der Waals surface area (Å²) >= 11 is 0. The van der Waals surface area contributed by atoms with Gasteiger partial charge in [-0.2, -0.15) is 0 Å². The molecule has 1 aromatic carbocycles. The van der Waals surface area contributed by atoms with Crippen LogP contribution in [0.25, 0.3) is 5.70 Å². The lowest BCUT2D eigenvalue weighted by atomic mass is 10.0. The highest BCUT2D eigenvalue weighted by Crippen LogP contribution is 2.28. The lowest BCUT2D eigenvalue weighted by Gasteiger charge is -2.43. The van der Waals surface area contributed by atoms with Gasteiger partial charge in [0.05, 0.1) is 0 Å². The fraction of sp³-hybridized carbons (Fsp3) is 0.450. The summed E-state index contributed by atoms with van der Waals surface area (Å²) in [5.74, 6) is -0.425. The van der Waals surface area contributed by atoms with Crippen LogP contribution in [0.5, 0.6) is 0 Å². The molecule has 2 rings (SSSR count). The van der Waals surface area contributed by atoms with E-state index in [4.69, 9.17) is 0 Å². The Labute approximate surface area is 150 Å². The number of hydrogen-bond donors (Lipinski definition) is 1. The summed E-state index contributed by atoms with van der Waals surface area (Å²) in [7, 11) is 0. The van der Waals surface area contributed by atoms with Crippen LogP contribution in [0.1, 0.15) is 33.3 Å². The number of aliphatic hydroxyl groups excluding tert-OH is 1. The van der Waals surface area contributed by atoms with E-state index in [2.05, 4.69) is 48.9 Å². The van der Waals surface area contributed by atoms with Crippen molar-refractivity contribution in [2.75, 3.05) is 31.1 Å². The van der Waals surface area contributed by atoms with Crippen LogP contribution < -0.4 is 4.90 Å². The Kier molecular flexibility index (Phi) is 5.68. The predicted octanol–water partition coefficient (Wildman–Crippen LogP) is 4.25. The van der Waals surface area contributed by atoms with Crippen molar-refractivity contribution < 1.29 is 9.50 Å². The molecule has 1 saturated heterocycles. The number of rotatable bonds is 4. The Morgan fingerprint density at radius 2 is 1.76 bits per heavy atom. The lowest BCUT2D eigenvalue weighted by molar-refractivity contribution is 0.128. The van der Waals surface area contributed by atoms with Crippen molar-refractivity contribution in [3.8, 4) is 0 Å². The maximum absolute atomic E-state index is 14.2. The molecule has 0 atom stereocenters. The SMILES string of the molecule is C=N/C(=C(/O)C(=C)C)c1cc(F)cc(N2CCN(C(C)(C)C)CC2)c1. The lowest BCUT2D eigenvalue weighted by Crippen LogP contribution is -2.53. The van der Waals surface area contributed by atoms with Gasteiger partial charge in [0.15, 0.2) is 0 Å². The smallest absolute Gasteiger partial charge is 0.144 e. The molecule has 0 aliphatic carbocycles. The van der Waals surface area contributed by atoms with E-state index in [1.165, 1.54) is 12.1 Å². The highest BCUT2D eigenvalue weighted by atomic mass is 19.1. The number of anilines is 1. The molecule has 0 aromatic heterocycles. The Morgan fingerprint density at radius 1 is 1.16 bits per heavy atom. The fourth-order valence-corrected chi connectivity index (χ4v) is 3.03. The van der Waals surface area contributed by atoms with Crippen molar-refractivity contribution in [3.05, 3.63) is 47.5 Å². The van der Waals surface area contributed by atoms with E-state index < -0.39 is 0 Å². The highest BCUT2D eigenvalue weighted by Gasteiger charge is 2.26. The molecule has 0 radical (unpaired) electrons. The first-order valence-corrected chi connectivity index (χ1v) is 8.50. The standard InChI is InChI=1S/C20H28FN3O/c1-14(2)19(25)18(22-6)15-11-16(21)13-17(12-15)23-7-9-24(10-8-23)20(3,4)5/h11-13,25H,1,6-10H2,2-5H3/b19-18+. The maximum Gasteiger partial charge on any atom is 0.144 e. The summed E-state index contributed by atoms with van der Waals surface area (Å²) in [6.07, 6.45) is 0. The third kappa shape index (κ3) is 4.48. The molecule has 1 aliphatic rings. The number of nitrogens with zero attached hydrogens (tertiary/aromatic N) is 3. The van der Waals surface area contributed by atoms with Crippen molar-refractivity contribution >= 4 is 18.1 Å². The van der Waals surface area contributed by atoms with Gasteiger partial charge in [-0.05, 0) is 58.2 Å². The van der Waals surface area contributed by atoms with Crippen molar-refractivity contribution in [3.63, 3.8) is 0 Å². The molecule has 1 aliphatic heterocycles. The number of benzene rings is 1. The van der Waals surface area contributed by atoms with Gasteiger partial charge in [-0.3, -0.25) is 9.89 Å². The molecular weight excluding hydrogens is 317 g/mol. The molecule has 25 heavy (non-hydrogen) atoms. The zero-order valence-corrected chi connectivity index (χ0v) is 15.6. The van der Waals surface area contributed by atoms with Gasteiger partial charge in [0.2, 0.25) is 0 Å². The van der Waals surface area contributed by atoms with Gasteiger partial charge in [-0.1, -0.05) is 6.58 Å². The van der Waals surface area contributed by atoms with Gasteiger partial charge < -0.3 is 10.0 Å². The second kappa shape index (κ2) is 7.40. The summed E-state index contributed by atoms with van der Waals surface area (Å²) in [5.41, 5.74) is 2.14. The van der Waals surface area contributed by atoms with E-state index in [-0.39, 0.29) is 22.8 Å². The van der Waals surface area contributed by atoms with Crippen molar-refractivity contribution in [2.45, 2.75) is 33.2 Å². The molecule has 0 unspecified atom stereocenters. The number of halogens is 1. The molecule has 0 bridgehead atoms. The quantitative estimate of drug-likeness (QED) is 0.504. The first kappa shape index (κ1) is 19.2. The van der Waals surface area contributed by atoms with E-state index in [0.717, 1.165) is 31.9 Å². The van der Waals surface area contributed by atoms with Crippen molar-refractivity contribution in [1.29, 1.82) is 0 Å². The summed E-state index contributed by atoms with van der Waals surface area (Å²) in [5, 5.41) is 10.2. The minimum absolute atomic E-state index is 0.0656. The average Bonchev–Trinajstić information content (AvgIpc) is 2.54. The van der Waals surface area contributed by atoms with E-state index in [1.54, 1.807) is 6.92 Å². The molecule has 0 saturated carbocycles. The summed E-state index contributed by atoms with van der Waals surface area (Å²) in [6, 6.07) is 4.73. The van der Waals surface area contributed by atoms with Crippen LogP contribution in [0.4, 0.5) is 10.1 Å². The summed E-state index contributed by atoms with van der Waals surface area (Å²) in [6.45, 7) is 19.0. The summed E-state index contributed by atoms with van der Waals surface area (Å²) < 4.78 is 14.2. The van der Waals surface area contributed by atoms with Gasteiger partial charge in [-0.25, -0.2) is 4.39 Å². The van der Waals surface area contributed by atoms with Gasteiger partial charge >= 0.3 is 0 Å². The molecule has 4 nitrogen and oxygen atoms in total. The van der Waals surface area contributed by atoms with Gasteiger partial charge in [0.25, 0.3) is 0 Å². The fourth-order valence-electron chi connectivity index (χ4n) is 3.03. The second-order valence-electron chi connectivity index (χ2n) is 7.48. The van der Waals surface area contributed by atoms with Crippen LogP contribution >= 0.6 is 0 Å². The first-order chi connectivity index (χ1) is 11.6. The van der Waals surface area contributed by atoms with Crippen molar-refractivity contribution in [2.24, 2.45) is 4.99 Å². The Bertz CT molecular complexity index is 695. The molecule has 136 valence electrons. The van der Waals surface area contributed by atoms with Gasteiger partial charge in [0.1, 0.15) is 17.3 Å². The zero-order chi connectivity index (χ0) is 18.8. The number of aliphatic hydroxyl groups is 1. The van der Waals surface area contributed by atoms with Crippen LogP contribution in [-0.2, 0) is 0 Å².